The molecule has 2 fully saturated rings. The van der Waals surface area contributed by atoms with Crippen LogP contribution in [0.4, 0.5) is 0 Å². The van der Waals surface area contributed by atoms with E-state index in [1.165, 1.54) is 12.0 Å². The highest BCUT2D eigenvalue weighted by atomic mass is 16.5. The second-order valence-electron chi connectivity index (χ2n) is 8.96. The van der Waals surface area contributed by atoms with Crippen molar-refractivity contribution in [1.29, 1.82) is 0 Å². The molecular formula is C24H34N2O4. The second-order valence-corrected chi connectivity index (χ2v) is 8.96. The Kier molecular flexibility index (Phi) is 6.44. The SMILES string of the molecule is CCCN(CCN1C(=O)CC2(CCCCC2)C1=O)C1COCc2c(OC)cccc21. The van der Waals surface area contributed by atoms with Crippen molar-refractivity contribution in [2.75, 3.05) is 33.4 Å². The molecule has 0 bridgehead atoms. The third kappa shape index (κ3) is 3.87. The van der Waals surface area contributed by atoms with Crippen LogP contribution < -0.4 is 4.74 Å². The van der Waals surface area contributed by atoms with E-state index in [0.29, 0.717) is 32.7 Å². The van der Waals surface area contributed by atoms with Gasteiger partial charge in [-0.3, -0.25) is 19.4 Å². The number of fused-ring (bicyclic) bond motifs is 1. The molecule has 1 saturated carbocycles. The molecule has 1 atom stereocenters. The summed E-state index contributed by atoms with van der Waals surface area (Å²) in [6.07, 6.45) is 6.46. The van der Waals surface area contributed by atoms with Gasteiger partial charge in [0.2, 0.25) is 11.8 Å². The molecule has 1 unspecified atom stereocenters. The van der Waals surface area contributed by atoms with Crippen molar-refractivity contribution in [2.24, 2.45) is 5.41 Å². The molecule has 1 aliphatic carbocycles. The van der Waals surface area contributed by atoms with Crippen molar-refractivity contribution < 1.29 is 19.1 Å². The Labute approximate surface area is 179 Å². The van der Waals surface area contributed by atoms with Crippen LogP contribution in [0.1, 0.15) is 69.0 Å². The third-order valence-electron chi connectivity index (χ3n) is 7.13. The van der Waals surface area contributed by atoms with Gasteiger partial charge in [0.25, 0.3) is 0 Å². The van der Waals surface area contributed by atoms with E-state index in [9.17, 15) is 9.59 Å². The minimum Gasteiger partial charge on any atom is -0.496 e. The van der Waals surface area contributed by atoms with Crippen molar-refractivity contribution in [3.8, 4) is 5.75 Å². The fourth-order valence-electron chi connectivity index (χ4n) is 5.55. The van der Waals surface area contributed by atoms with E-state index < -0.39 is 5.41 Å². The van der Waals surface area contributed by atoms with E-state index in [4.69, 9.17) is 9.47 Å². The number of amides is 2. The molecule has 1 aromatic rings. The smallest absolute Gasteiger partial charge is 0.235 e. The lowest BCUT2D eigenvalue weighted by molar-refractivity contribution is -0.142. The van der Waals surface area contributed by atoms with Crippen LogP contribution in [-0.2, 0) is 20.9 Å². The van der Waals surface area contributed by atoms with Gasteiger partial charge in [-0.2, -0.15) is 0 Å². The minimum atomic E-state index is -0.404. The average Bonchev–Trinajstić information content (AvgIpc) is 2.99. The van der Waals surface area contributed by atoms with Crippen LogP contribution in [0.3, 0.4) is 0 Å². The Balaban J connectivity index is 1.49. The van der Waals surface area contributed by atoms with Crippen LogP contribution in [0.2, 0.25) is 0 Å². The fourth-order valence-corrected chi connectivity index (χ4v) is 5.55. The maximum atomic E-state index is 13.2. The Morgan fingerprint density at radius 2 is 2.00 bits per heavy atom. The molecule has 1 aromatic carbocycles. The first-order chi connectivity index (χ1) is 14.6. The normalized spacial score (nSPS) is 23.3. The van der Waals surface area contributed by atoms with E-state index in [1.54, 1.807) is 12.0 Å². The summed E-state index contributed by atoms with van der Waals surface area (Å²) >= 11 is 0. The Morgan fingerprint density at radius 1 is 1.20 bits per heavy atom. The molecule has 6 nitrogen and oxygen atoms in total. The molecule has 6 heteroatoms. The first-order valence-corrected chi connectivity index (χ1v) is 11.4. The zero-order valence-corrected chi connectivity index (χ0v) is 18.3. The highest BCUT2D eigenvalue weighted by molar-refractivity contribution is 6.05. The molecule has 2 aliphatic heterocycles. The van der Waals surface area contributed by atoms with Gasteiger partial charge in [-0.25, -0.2) is 0 Å². The van der Waals surface area contributed by atoms with Gasteiger partial charge in [-0.15, -0.1) is 0 Å². The Bertz CT molecular complexity index is 787. The Hall–Kier alpha value is -1.92. The van der Waals surface area contributed by atoms with Crippen molar-refractivity contribution in [1.82, 2.24) is 9.80 Å². The predicted octanol–water partition coefficient (Wildman–Crippen LogP) is 3.69. The molecule has 164 valence electrons. The molecule has 2 heterocycles. The van der Waals surface area contributed by atoms with Gasteiger partial charge >= 0.3 is 0 Å². The summed E-state index contributed by atoms with van der Waals surface area (Å²) in [7, 11) is 1.69. The first kappa shape index (κ1) is 21.3. The molecular weight excluding hydrogens is 380 g/mol. The van der Waals surface area contributed by atoms with E-state index in [0.717, 1.165) is 50.0 Å². The van der Waals surface area contributed by atoms with E-state index in [1.807, 2.05) is 12.1 Å². The number of rotatable bonds is 7. The number of nitrogens with zero attached hydrogens (tertiary/aromatic N) is 2. The standard InChI is InChI=1S/C24H34N2O4/c1-3-12-25(20-17-30-16-19-18(20)8-7-9-21(19)29-2)13-14-26-22(27)15-24(23(26)28)10-5-4-6-11-24/h7-9,20H,3-6,10-17H2,1-2H3. The molecule has 30 heavy (non-hydrogen) atoms. The average molecular weight is 415 g/mol. The number of likely N-dealkylation sites (tertiary alicyclic amines) is 1. The van der Waals surface area contributed by atoms with Gasteiger partial charge in [-0.05, 0) is 37.4 Å². The zero-order chi connectivity index (χ0) is 21.1. The number of imide groups is 1. The highest BCUT2D eigenvalue weighted by Gasteiger charge is 2.51. The van der Waals surface area contributed by atoms with Crippen molar-refractivity contribution in [3.05, 3.63) is 29.3 Å². The first-order valence-electron chi connectivity index (χ1n) is 11.4. The third-order valence-corrected chi connectivity index (χ3v) is 7.13. The summed E-state index contributed by atoms with van der Waals surface area (Å²) in [5, 5.41) is 0. The molecule has 0 radical (unpaired) electrons. The molecule has 2 amide bonds. The second kappa shape index (κ2) is 9.06. The van der Waals surface area contributed by atoms with E-state index in [2.05, 4.69) is 17.9 Å². The zero-order valence-electron chi connectivity index (χ0n) is 18.3. The maximum Gasteiger partial charge on any atom is 0.235 e. The lowest BCUT2D eigenvalue weighted by Gasteiger charge is -2.37. The molecule has 1 saturated heterocycles. The number of carbonyl (C=O) groups is 2. The van der Waals surface area contributed by atoms with Gasteiger partial charge in [0, 0.05) is 25.1 Å². The number of hydrogen-bond donors (Lipinski definition) is 0. The topological polar surface area (TPSA) is 59.1 Å². The van der Waals surface area contributed by atoms with Crippen LogP contribution in [0, 0.1) is 5.41 Å². The Morgan fingerprint density at radius 3 is 2.73 bits per heavy atom. The van der Waals surface area contributed by atoms with Gasteiger partial charge in [0.15, 0.2) is 0 Å². The van der Waals surface area contributed by atoms with Gasteiger partial charge in [0.05, 0.1) is 31.8 Å². The number of hydrogen-bond acceptors (Lipinski definition) is 5. The van der Waals surface area contributed by atoms with Gasteiger partial charge in [0.1, 0.15) is 5.75 Å². The summed E-state index contributed by atoms with van der Waals surface area (Å²) in [6, 6.07) is 6.26. The lowest BCUT2D eigenvalue weighted by Crippen LogP contribution is -2.43. The van der Waals surface area contributed by atoms with Crippen LogP contribution in [0.15, 0.2) is 18.2 Å². The molecule has 0 aromatic heterocycles. The number of ether oxygens (including phenoxy) is 2. The van der Waals surface area contributed by atoms with Crippen molar-refractivity contribution in [2.45, 2.75) is 64.5 Å². The molecule has 0 N–H and O–H groups in total. The van der Waals surface area contributed by atoms with Gasteiger partial charge in [-0.1, -0.05) is 38.3 Å². The quantitative estimate of drug-likeness (QED) is 0.637. The van der Waals surface area contributed by atoms with Crippen molar-refractivity contribution >= 4 is 11.8 Å². The summed E-state index contributed by atoms with van der Waals surface area (Å²) in [6.45, 7) is 5.37. The van der Waals surface area contributed by atoms with Gasteiger partial charge < -0.3 is 9.47 Å². The maximum absolute atomic E-state index is 13.2. The van der Waals surface area contributed by atoms with Crippen LogP contribution in [-0.4, -0.2) is 55.0 Å². The predicted molar refractivity (Wildman–Crippen MR) is 114 cm³/mol. The molecule has 4 rings (SSSR count). The summed E-state index contributed by atoms with van der Waals surface area (Å²) < 4.78 is 11.5. The van der Waals surface area contributed by atoms with Crippen LogP contribution in [0.5, 0.6) is 5.75 Å². The number of methoxy groups -OCH3 is 1. The number of benzene rings is 1. The summed E-state index contributed by atoms with van der Waals surface area (Å²) in [4.78, 5) is 29.8. The van der Waals surface area contributed by atoms with Crippen molar-refractivity contribution in [3.63, 3.8) is 0 Å². The highest BCUT2D eigenvalue weighted by Crippen LogP contribution is 2.45. The summed E-state index contributed by atoms with van der Waals surface area (Å²) in [5.41, 5.74) is 1.93. The van der Waals surface area contributed by atoms with Crippen LogP contribution >= 0.6 is 0 Å². The largest absolute Gasteiger partial charge is 0.496 e. The minimum absolute atomic E-state index is 0.0142. The lowest BCUT2D eigenvalue weighted by atomic mass is 9.73. The van der Waals surface area contributed by atoms with Crippen LogP contribution in [0.25, 0.3) is 0 Å². The number of carbonyl (C=O) groups excluding carboxylic acids is 2. The van der Waals surface area contributed by atoms with E-state index >= 15 is 0 Å². The van der Waals surface area contributed by atoms with E-state index in [-0.39, 0.29) is 17.9 Å². The fraction of sp³-hybridized carbons (Fsp3) is 0.667. The molecule has 3 aliphatic rings. The monoisotopic (exact) mass is 414 g/mol. The molecule has 1 spiro atoms. The summed E-state index contributed by atoms with van der Waals surface area (Å²) in [5.74, 6) is 0.948.